The first-order chi connectivity index (χ1) is 9.04. The summed E-state index contributed by atoms with van der Waals surface area (Å²) in [5.41, 5.74) is 1.06. The van der Waals surface area contributed by atoms with Gasteiger partial charge in [0.2, 0.25) is 0 Å². The average molecular weight is 278 g/mol. The van der Waals surface area contributed by atoms with Gasteiger partial charge in [-0.15, -0.1) is 0 Å². The number of hydrogen-bond donors (Lipinski definition) is 3. The quantitative estimate of drug-likeness (QED) is 0.808. The first-order valence-corrected chi connectivity index (χ1v) is 5.98. The van der Waals surface area contributed by atoms with Crippen LogP contribution >= 0.6 is 11.6 Å². The summed E-state index contributed by atoms with van der Waals surface area (Å²) in [6.45, 7) is 0.315. The fourth-order valence-electron chi connectivity index (χ4n) is 1.66. The van der Waals surface area contributed by atoms with Crippen molar-refractivity contribution in [2.75, 3.05) is 0 Å². The molecule has 0 aliphatic heterocycles. The number of rotatable bonds is 3. The molecular weight excluding hydrogens is 266 g/mol. The van der Waals surface area contributed by atoms with Gasteiger partial charge in [0.15, 0.2) is 0 Å². The summed E-state index contributed by atoms with van der Waals surface area (Å²) in [6.07, 6.45) is 0. The SMILES string of the molecule is O=C(NCc1cccc(Cl)c1)c1cc(O)cc(O)c1. The lowest BCUT2D eigenvalue weighted by Crippen LogP contribution is -2.22. The van der Waals surface area contributed by atoms with Crippen LogP contribution in [0.1, 0.15) is 15.9 Å². The van der Waals surface area contributed by atoms with Gasteiger partial charge < -0.3 is 15.5 Å². The van der Waals surface area contributed by atoms with E-state index in [0.29, 0.717) is 11.6 Å². The van der Waals surface area contributed by atoms with Gasteiger partial charge in [-0.1, -0.05) is 23.7 Å². The van der Waals surface area contributed by atoms with Crippen LogP contribution in [-0.4, -0.2) is 16.1 Å². The van der Waals surface area contributed by atoms with Crippen LogP contribution in [-0.2, 0) is 6.54 Å². The molecule has 0 atom stereocenters. The van der Waals surface area contributed by atoms with Crippen LogP contribution in [0.5, 0.6) is 11.5 Å². The maximum absolute atomic E-state index is 11.8. The fourth-order valence-corrected chi connectivity index (χ4v) is 1.87. The number of halogens is 1. The van der Waals surface area contributed by atoms with Crippen molar-refractivity contribution < 1.29 is 15.0 Å². The van der Waals surface area contributed by atoms with E-state index in [0.717, 1.165) is 11.6 Å². The van der Waals surface area contributed by atoms with E-state index in [9.17, 15) is 15.0 Å². The van der Waals surface area contributed by atoms with Crippen molar-refractivity contribution >= 4 is 17.5 Å². The van der Waals surface area contributed by atoms with Gasteiger partial charge >= 0.3 is 0 Å². The Labute approximate surface area is 115 Å². The Balaban J connectivity index is 2.05. The maximum atomic E-state index is 11.8. The first-order valence-electron chi connectivity index (χ1n) is 5.60. The number of hydrogen-bond acceptors (Lipinski definition) is 3. The van der Waals surface area contributed by atoms with E-state index >= 15 is 0 Å². The lowest BCUT2D eigenvalue weighted by molar-refractivity contribution is 0.0950. The normalized spacial score (nSPS) is 10.2. The molecule has 0 saturated heterocycles. The Morgan fingerprint density at radius 3 is 2.42 bits per heavy atom. The molecule has 98 valence electrons. The minimum Gasteiger partial charge on any atom is -0.508 e. The molecule has 0 unspecified atom stereocenters. The smallest absolute Gasteiger partial charge is 0.251 e. The average Bonchev–Trinajstić information content (AvgIpc) is 2.35. The molecule has 0 saturated carbocycles. The predicted octanol–water partition coefficient (Wildman–Crippen LogP) is 2.68. The minimum atomic E-state index is -0.383. The third kappa shape index (κ3) is 3.63. The van der Waals surface area contributed by atoms with Crippen molar-refractivity contribution in [3.63, 3.8) is 0 Å². The third-order valence-corrected chi connectivity index (χ3v) is 2.74. The number of benzene rings is 2. The van der Waals surface area contributed by atoms with Gasteiger partial charge in [-0.05, 0) is 29.8 Å². The zero-order chi connectivity index (χ0) is 13.8. The molecule has 0 aliphatic rings. The van der Waals surface area contributed by atoms with E-state index in [1.54, 1.807) is 18.2 Å². The summed E-state index contributed by atoms with van der Waals surface area (Å²) in [5.74, 6) is -0.702. The molecule has 0 radical (unpaired) electrons. The van der Waals surface area contributed by atoms with Gasteiger partial charge in [0.25, 0.3) is 5.91 Å². The third-order valence-electron chi connectivity index (χ3n) is 2.51. The molecule has 4 nitrogen and oxygen atoms in total. The highest BCUT2D eigenvalue weighted by Gasteiger charge is 2.08. The summed E-state index contributed by atoms with van der Waals surface area (Å²) in [6, 6.07) is 10.9. The van der Waals surface area contributed by atoms with E-state index in [-0.39, 0.29) is 23.0 Å². The molecule has 19 heavy (non-hydrogen) atoms. The highest BCUT2D eigenvalue weighted by atomic mass is 35.5. The molecule has 0 aromatic heterocycles. The van der Waals surface area contributed by atoms with Crippen molar-refractivity contribution in [2.45, 2.75) is 6.54 Å². The highest BCUT2D eigenvalue weighted by molar-refractivity contribution is 6.30. The lowest BCUT2D eigenvalue weighted by atomic mass is 10.1. The standard InChI is InChI=1S/C14H12ClNO3/c15-11-3-1-2-9(4-11)8-16-14(19)10-5-12(17)7-13(18)6-10/h1-7,17-18H,8H2,(H,16,19). The predicted molar refractivity (Wildman–Crippen MR) is 72.4 cm³/mol. The summed E-state index contributed by atoms with van der Waals surface area (Å²) in [5, 5.41) is 21.9. The molecule has 2 rings (SSSR count). The van der Waals surface area contributed by atoms with E-state index in [4.69, 9.17) is 11.6 Å². The molecule has 2 aromatic rings. The summed E-state index contributed by atoms with van der Waals surface area (Å²) < 4.78 is 0. The lowest BCUT2D eigenvalue weighted by Gasteiger charge is -2.06. The fraction of sp³-hybridized carbons (Fsp3) is 0.0714. The van der Waals surface area contributed by atoms with Gasteiger partial charge in [0.05, 0.1) is 0 Å². The molecule has 0 fully saturated rings. The molecule has 0 spiro atoms. The van der Waals surface area contributed by atoms with Crippen molar-refractivity contribution in [1.82, 2.24) is 5.32 Å². The largest absolute Gasteiger partial charge is 0.508 e. The Hall–Kier alpha value is -2.20. The van der Waals surface area contributed by atoms with Crippen molar-refractivity contribution in [3.8, 4) is 11.5 Å². The Morgan fingerprint density at radius 1 is 1.11 bits per heavy atom. The summed E-state index contributed by atoms with van der Waals surface area (Å²) in [4.78, 5) is 11.8. The summed E-state index contributed by atoms with van der Waals surface area (Å²) >= 11 is 5.84. The monoisotopic (exact) mass is 277 g/mol. The molecule has 1 amide bonds. The molecule has 2 aromatic carbocycles. The summed E-state index contributed by atoms with van der Waals surface area (Å²) in [7, 11) is 0. The van der Waals surface area contributed by atoms with Crippen molar-refractivity contribution in [3.05, 3.63) is 58.6 Å². The van der Waals surface area contributed by atoms with Crippen LogP contribution in [0.3, 0.4) is 0 Å². The van der Waals surface area contributed by atoms with Crippen LogP contribution in [0.2, 0.25) is 5.02 Å². The van der Waals surface area contributed by atoms with E-state index in [2.05, 4.69) is 5.32 Å². The van der Waals surface area contributed by atoms with Gasteiger partial charge in [0, 0.05) is 23.2 Å². The van der Waals surface area contributed by atoms with Crippen LogP contribution < -0.4 is 5.32 Å². The zero-order valence-electron chi connectivity index (χ0n) is 9.93. The number of phenolic OH excluding ortho intramolecular Hbond substituents is 2. The van der Waals surface area contributed by atoms with Gasteiger partial charge in [0.1, 0.15) is 11.5 Å². The van der Waals surface area contributed by atoms with Gasteiger partial charge in [-0.2, -0.15) is 0 Å². The second kappa shape index (κ2) is 5.63. The van der Waals surface area contributed by atoms with Crippen molar-refractivity contribution in [2.24, 2.45) is 0 Å². The topological polar surface area (TPSA) is 69.6 Å². The minimum absolute atomic E-state index is 0.159. The number of amides is 1. The number of aromatic hydroxyl groups is 2. The zero-order valence-corrected chi connectivity index (χ0v) is 10.7. The molecule has 3 N–H and O–H groups in total. The molecular formula is C14H12ClNO3. The highest BCUT2D eigenvalue weighted by Crippen LogP contribution is 2.20. The van der Waals surface area contributed by atoms with Gasteiger partial charge in [-0.25, -0.2) is 0 Å². The maximum Gasteiger partial charge on any atom is 0.251 e. The first kappa shape index (κ1) is 13.2. The number of nitrogens with one attached hydrogen (secondary N) is 1. The van der Waals surface area contributed by atoms with E-state index in [1.165, 1.54) is 12.1 Å². The second-order valence-electron chi connectivity index (χ2n) is 4.05. The van der Waals surface area contributed by atoms with Crippen LogP contribution in [0.25, 0.3) is 0 Å². The number of carbonyl (C=O) groups is 1. The second-order valence-corrected chi connectivity index (χ2v) is 4.49. The number of phenols is 2. The van der Waals surface area contributed by atoms with Gasteiger partial charge in [-0.3, -0.25) is 4.79 Å². The van der Waals surface area contributed by atoms with Crippen LogP contribution in [0.15, 0.2) is 42.5 Å². The Morgan fingerprint density at radius 2 is 1.79 bits per heavy atom. The molecule has 0 aliphatic carbocycles. The molecule has 0 bridgehead atoms. The Bertz CT molecular complexity index is 593. The molecule has 5 heteroatoms. The van der Waals surface area contributed by atoms with Crippen molar-refractivity contribution in [1.29, 1.82) is 0 Å². The van der Waals surface area contributed by atoms with E-state index < -0.39 is 0 Å². The molecule has 0 heterocycles. The number of carbonyl (C=O) groups excluding carboxylic acids is 1. The Kier molecular flexibility index (Phi) is 3.92. The van der Waals surface area contributed by atoms with E-state index in [1.807, 2.05) is 6.07 Å². The van der Waals surface area contributed by atoms with Crippen LogP contribution in [0, 0.1) is 0 Å². The van der Waals surface area contributed by atoms with Crippen LogP contribution in [0.4, 0.5) is 0 Å².